The molecule has 0 bridgehead atoms. The largest absolute Gasteiger partial charge is 0.345 e. The summed E-state index contributed by atoms with van der Waals surface area (Å²) in [5, 5.41) is 12.5. The van der Waals surface area contributed by atoms with E-state index in [1.54, 1.807) is 16.9 Å². The highest BCUT2D eigenvalue weighted by Crippen LogP contribution is 2.20. The molecule has 1 N–H and O–H groups in total. The Morgan fingerprint density at radius 2 is 2.12 bits per heavy atom. The number of aromatic nitrogens is 5. The second-order valence-electron chi connectivity index (χ2n) is 6.04. The lowest BCUT2D eigenvalue weighted by atomic mass is 10.1. The first-order chi connectivity index (χ1) is 11.4. The number of nitrogens with one attached hydrogen (secondary N) is 1. The Morgan fingerprint density at radius 3 is 2.79 bits per heavy atom. The molecule has 0 spiro atoms. The van der Waals surface area contributed by atoms with E-state index in [2.05, 4.69) is 20.5 Å². The first kappa shape index (κ1) is 16.2. The molecule has 0 aromatic carbocycles. The van der Waals surface area contributed by atoms with Gasteiger partial charge in [-0.1, -0.05) is 0 Å². The molecule has 24 heavy (non-hydrogen) atoms. The SMILES string of the molecule is CCn1cc(C(C)NC(=O)c2cc(C)nc3c2cnn3C)c(C)n1. The third kappa shape index (κ3) is 2.77. The maximum Gasteiger partial charge on any atom is 0.252 e. The van der Waals surface area contributed by atoms with Gasteiger partial charge in [-0.05, 0) is 33.8 Å². The van der Waals surface area contributed by atoms with Crippen molar-refractivity contribution < 1.29 is 4.79 Å². The summed E-state index contributed by atoms with van der Waals surface area (Å²) in [5.74, 6) is -0.130. The van der Waals surface area contributed by atoms with Gasteiger partial charge in [-0.3, -0.25) is 14.2 Å². The van der Waals surface area contributed by atoms with Crippen molar-refractivity contribution in [2.75, 3.05) is 0 Å². The summed E-state index contributed by atoms with van der Waals surface area (Å²) in [6.45, 7) is 8.65. The average Bonchev–Trinajstić information content (AvgIpc) is 3.10. The lowest BCUT2D eigenvalue weighted by Crippen LogP contribution is -2.27. The van der Waals surface area contributed by atoms with Gasteiger partial charge in [0.2, 0.25) is 0 Å². The second-order valence-corrected chi connectivity index (χ2v) is 6.04. The smallest absolute Gasteiger partial charge is 0.252 e. The van der Waals surface area contributed by atoms with Crippen LogP contribution in [0.15, 0.2) is 18.5 Å². The van der Waals surface area contributed by atoms with E-state index < -0.39 is 0 Å². The molecule has 0 fully saturated rings. The fourth-order valence-electron chi connectivity index (χ4n) is 2.90. The van der Waals surface area contributed by atoms with Crippen molar-refractivity contribution in [2.45, 2.75) is 40.3 Å². The zero-order chi connectivity index (χ0) is 17.4. The monoisotopic (exact) mass is 326 g/mol. The lowest BCUT2D eigenvalue weighted by Gasteiger charge is -2.14. The topological polar surface area (TPSA) is 77.6 Å². The molecule has 0 radical (unpaired) electrons. The summed E-state index contributed by atoms with van der Waals surface area (Å²) in [6.07, 6.45) is 3.67. The van der Waals surface area contributed by atoms with E-state index in [0.29, 0.717) is 11.2 Å². The zero-order valence-electron chi connectivity index (χ0n) is 14.7. The molecule has 3 aromatic heterocycles. The number of nitrogens with zero attached hydrogens (tertiary/aromatic N) is 5. The van der Waals surface area contributed by atoms with Crippen LogP contribution in [0.5, 0.6) is 0 Å². The summed E-state index contributed by atoms with van der Waals surface area (Å²) < 4.78 is 3.56. The van der Waals surface area contributed by atoms with Crippen molar-refractivity contribution >= 4 is 16.9 Å². The van der Waals surface area contributed by atoms with Crippen LogP contribution >= 0.6 is 0 Å². The minimum atomic E-state index is -0.130. The van der Waals surface area contributed by atoms with Crippen molar-refractivity contribution in [1.29, 1.82) is 0 Å². The molecule has 7 heteroatoms. The quantitative estimate of drug-likeness (QED) is 0.798. The fourth-order valence-corrected chi connectivity index (χ4v) is 2.90. The van der Waals surface area contributed by atoms with Crippen molar-refractivity contribution in [1.82, 2.24) is 29.9 Å². The molecule has 7 nitrogen and oxygen atoms in total. The van der Waals surface area contributed by atoms with Gasteiger partial charge in [0.05, 0.1) is 28.9 Å². The molecule has 0 saturated carbocycles. The van der Waals surface area contributed by atoms with Crippen molar-refractivity contribution in [3.8, 4) is 0 Å². The van der Waals surface area contributed by atoms with Crippen LogP contribution in [0.1, 0.15) is 47.2 Å². The normalized spacial score (nSPS) is 12.5. The molecule has 0 aliphatic carbocycles. The Kier molecular flexibility index (Phi) is 4.09. The fraction of sp³-hybridized carbons (Fsp3) is 0.412. The highest BCUT2D eigenvalue weighted by molar-refractivity contribution is 6.05. The van der Waals surface area contributed by atoms with E-state index in [-0.39, 0.29) is 11.9 Å². The lowest BCUT2D eigenvalue weighted by molar-refractivity contribution is 0.0941. The number of hydrogen-bond donors (Lipinski definition) is 1. The molecular weight excluding hydrogens is 304 g/mol. The van der Waals surface area contributed by atoms with Gasteiger partial charge >= 0.3 is 0 Å². The minimum Gasteiger partial charge on any atom is -0.345 e. The van der Waals surface area contributed by atoms with E-state index >= 15 is 0 Å². The number of rotatable bonds is 4. The first-order valence-electron chi connectivity index (χ1n) is 8.04. The van der Waals surface area contributed by atoms with Gasteiger partial charge in [0.25, 0.3) is 5.91 Å². The van der Waals surface area contributed by atoms with Gasteiger partial charge in [-0.25, -0.2) is 4.98 Å². The molecule has 0 saturated heterocycles. The summed E-state index contributed by atoms with van der Waals surface area (Å²) in [5.41, 5.74) is 4.06. The Morgan fingerprint density at radius 1 is 1.38 bits per heavy atom. The van der Waals surface area contributed by atoms with E-state index in [4.69, 9.17) is 0 Å². The third-order valence-electron chi connectivity index (χ3n) is 4.20. The van der Waals surface area contributed by atoms with Crippen LogP contribution in [0.25, 0.3) is 11.0 Å². The number of hydrogen-bond acceptors (Lipinski definition) is 4. The van der Waals surface area contributed by atoms with Gasteiger partial charge in [-0.2, -0.15) is 10.2 Å². The van der Waals surface area contributed by atoms with Crippen LogP contribution < -0.4 is 5.32 Å². The van der Waals surface area contributed by atoms with E-state index in [0.717, 1.165) is 28.9 Å². The molecule has 3 heterocycles. The highest BCUT2D eigenvalue weighted by atomic mass is 16.1. The molecular formula is C17H22N6O. The van der Waals surface area contributed by atoms with E-state index in [1.165, 1.54) is 0 Å². The summed E-state index contributed by atoms with van der Waals surface area (Å²) in [4.78, 5) is 17.2. The molecule has 126 valence electrons. The third-order valence-corrected chi connectivity index (χ3v) is 4.20. The van der Waals surface area contributed by atoms with Gasteiger partial charge in [0.1, 0.15) is 0 Å². The zero-order valence-corrected chi connectivity index (χ0v) is 14.7. The van der Waals surface area contributed by atoms with Crippen molar-refractivity contribution in [3.63, 3.8) is 0 Å². The number of amides is 1. The predicted octanol–water partition coefficient (Wildman–Crippen LogP) is 2.29. The molecule has 0 aliphatic rings. The molecule has 3 aromatic rings. The summed E-state index contributed by atoms with van der Waals surface area (Å²) >= 11 is 0. The molecule has 1 amide bonds. The van der Waals surface area contributed by atoms with Crippen LogP contribution in [0.4, 0.5) is 0 Å². The Hall–Kier alpha value is -2.70. The predicted molar refractivity (Wildman–Crippen MR) is 91.8 cm³/mol. The molecule has 0 aliphatic heterocycles. The number of fused-ring (bicyclic) bond motifs is 1. The van der Waals surface area contributed by atoms with Crippen LogP contribution in [-0.2, 0) is 13.6 Å². The van der Waals surface area contributed by atoms with Crippen LogP contribution in [0.3, 0.4) is 0 Å². The van der Waals surface area contributed by atoms with Crippen molar-refractivity contribution in [2.24, 2.45) is 7.05 Å². The molecule has 1 unspecified atom stereocenters. The van der Waals surface area contributed by atoms with Crippen LogP contribution in [0, 0.1) is 13.8 Å². The number of aryl methyl sites for hydroxylation is 4. The van der Waals surface area contributed by atoms with E-state index in [1.807, 2.05) is 45.6 Å². The van der Waals surface area contributed by atoms with Gasteiger partial charge in [-0.15, -0.1) is 0 Å². The Labute approximate surface area is 140 Å². The Bertz CT molecular complexity index is 907. The van der Waals surface area contributed by atoms with Crippen LogP contribution in [-0.4, -0.2) is 30.5 Å². The number of carbonyl (C=O) groups is 1. The van der Waals surface area contributed by atoms with Gasteiger partial charge in [0.15, 0.2) is 5.65 Å². The van der Waals surface area contributed by atoms with Gasteiger partial charge < -0.3 is 5.32 Å². The molecule has 3 rings (SSSR count). The van der Waals surface area contributed by atoms with E-state index in [9.17, 15) is 4.79 Å². The maximum atomic E-state index is 12.8. The summed E-state index contributed by atoms with van der Waals surface area (Å²) in [6, 6.07) is 1.67. The number of carbonyl (C=O) groups excluding carboxylic acids is 1. The average molecular weight is 326 g/mol. The molecule has 1 atom stereocenters. The first-order valence-corrected chi connectivity index (χ1v) is 8.04. The maximum absolute atomic E-state index is 12.8. The van der Waals surface area contributed by atoms with Gasteiger partial charge in [0, 0.05) is 31.0 Å². The minimum absolute atomic E-state index is 0.127. The standard InChI is InChI=1S/C17H22N6O/c1-6-23-9-15(12(4)21-23)11(3)20-17(24)13-7-10(2)19-16-14(13)8-18-22(16)5/h7-9,11H,6H2,1-5H3,(H,20,24). The summed E-state index contributed by atoms with van der Waals surface area (Å²) in [7, 11) is 1.82. The Balaban J connectivity index is 1.91. The number of pyridine rings is 1. The highest BCUT2D eigenvalue weighted by Gasteiger charge is 2.19. The second kappa shape index (κ2) is 6.07. The van der Waals surface area contributed by atoms with Crippen LogP contribution in [0.2, 0.25) is 0 Å². The van der Waals surface area contributed by atoms with Crippen molar-refractivity contribution in [3.05, 3.63) is 41.0 Å².